The zero-order chi connectivity index (χ0) is 12.1. The summed E-state index contributed by atoms with van der Waals surface area (Å²) < 4.78 is 15.7. The van der Waals surface area contributed by atoms with Crippen molar-refractivity contribution in [2.45, 2.75) is 20.0 Å². The average Bonchev–Trinajstić information content (AvgIpc) is 2.27. The Morgan fingerprint density at radius 2 is 1.75 bits per heavy atom. The number of carbonyl (C=O) groups is 1. The van der Waals surface area contributed by atoms with Crippen molar-refractivity contribution in [2.75, 3.05) is 14.2 Å². The summed E-state index contributed by atoms with van der Waals surface area (Å²) in [6.45, 7) is 3.78. The number of hydrogen-bond acceptors (Lipinski definition) is 4. The molecule has 0 N–H and O–H groups in total. The minimum atomic E-state index is -0.0180. The number of rotatable bonds is 5. The quantitative estimate of drug-likeness (QED) is 0.720. The molecule has 0 unspecified atom stereocenters. The fourth-order valence-electron chi connectivity index (χ4n) is 1.33. The SMILES string of the molecule is COc1cc(OC)c(C=O)c(OC(C)C)c1. The fraction of sp³-hybridized carbons (Fsp3) is 0.417. The molecule has 0 saturated carbocycles. The lowest BCUT2D eigenvalue weighted by Crippen LogP contribution is -2.08. The number of hydrogen-bond donors (Lipinski definition) is 0. The standard InChI is InChI=1S/C12H16O4/c1-8(2)16-12-6-9(14-3)5-11(15-4)10(12)7-13/h5-8H,1-4H3. The minimum absolute atomic E-state index is 0.0180. The zero-order valence-corrected chi connectivity index (χ0v) is 9.94. The van der Waals surface area contributed by atoms with Crippen LogP contribution in [-0.2, 0) is 0 Å². The third-order valence-electron chi connectivity index (χ3n) is 2.01. The van der Waals surface area contributed by atoms with Crippen LogP contribution in [0.3, 0.4) is 0 Å². The van der Waals surface area contributed by atoms with Crippen LogP contribution >= 0.6 is 0 Å². The van der Waals surface area contributed by atoms with Crippen molar-refractivity contribution in [2.24, 2.45) is 0 Å². The van der Waals surface area contributed by atoms with Crippen molar-refractivity contribution in [3.63, 3.8) is 0 Å². The Bertz CT molecular complexity index is 372. The lowest BCUT2D eigenvalue weighted by atomic mass is 10.2. The molecule has 0 aliphatic rings. The molecular formula is C12H16O4. The van der Waals surface area contributed by atoms with Crippen molar-refractivity contribution >= 4 is 6.29 Å². The van der Waals surface area contributed by atoms with Crippen LogP contribution in [-0.4, -0.2) is 26.6 Å². The summed E-state index contributed by atoms with van der Waals surface area (Å²) in [6, 6.07) is 3.32. The maximum Gasteiger partial charge on any atom is 0.157 e. The van der Waals surface area contributed by atoms with Crippen LogP contribution in [0.15, 0.2) is 12.1 Å². The summed E-state index contributed by atoms with van der Waals surface area (Å²) in [5.74, 6) is 1.52. The number of methoxy groups -OCH3 is 2. The molecule has 0 amide bonds. The van der Waals surface area contributed by atoms with Gasteiger partial charge in [0.25, 0.3) is 0 Å². The van der Waals surface area contributed by atoms with E-state index in [2.05, 4.69) is 0 Å². The lowest BCUT2D eigenvalue weighted by Gasteiger charge is -2.15. The van der Waals surface area contributed by atoms with Gasteiger partial charge in [-0.05, 0) is 13.8 Å². The van der Waals surface area contributed by atoms with Gasteiger partial charge in [0.05, 0.1) is 25.9 Å². The number of aldehydes is 1. The highest BCUT2D eigenvalue weighted by Crippen LogP contribution is 2.33. The number of ether oxygens (including phenoxy) is 3. The monoisotopic (exact) mass is 224 g/mol. The van der Waals surface area contributed by atoms with Crippen LogP contribution < -0.4 is 14.2 Å². The average molecular weight is 224 g/mol. The lowest BCUT2D eigenvalue weighted by molar-refractivity contribution is 0.111. The topological polar surface area (TPSA) is 44.8 Å². The molecule has 0 saturated heterocycles. The molecule has 0 atom stereocenters. The molecule has 16 heavy (non-hydrogen) atoms. The Labute approximate surface area is 95.1 Å². The molecule has 1 aromatic carbocycles. The van der Waals surface area contributed by atoms with E-state index < -0.39 is 0 Å². The first-order valence-corrected chi connectivity index (χ1v) is 5.00. The molecule has 0 spiro atoms. The zero-order valence-electron chi connectivity index (χ0n) is 9.94. The predicted molar refractivity (Wildman–Crippen MR) is 60.7 cm³/mol. The van der Waals surface area contributed by atoms with E-state index in [1.54, 1.807) is 19.2 Å². The van der Waals surface area contributed by atoms with Gasteiger partial charge in [-0.3, -0.25) is 4.79 Å². The Morgan fingerprint density at radius 3 is 2.19 bits per heavy atom. The summed E-state index contributed by atoms with van der Waals surface area (Å²) in [5, 5.41) is 0. The molecule has 0 aromatic heterocycles. The maximum absolute atomic E-state index is 11.0. The van der Waals surface area contributed by atoms with Gasteiger partial charge < -0.3 is 14.2 Å². The normalized spacial score (nSPS) is 10.1. The largest absolute Gasteiger partial charge is 0.496 e. The molecule has 1 rings (SSSR count). The summed E-state index contributed by atoms with van der Waals surface area (Å²) in [4.78, 5) is 11.0. The van der Waals surface area contributed by atoms with Crippen LogP contribution in [0.1, 0.15) is 24.2 Å². The van der Waals surface area contributed by atoms with Gasteiger partial charge in [-0.25, -0.2) is 0 Å². The van der Waals surface area contributed by atoms with Gasteiger partial charge in [0, 0.05) is 12.1 Å². The first-order valence-electron chi connectivity index (χ1n) is 5.00. The van der Waals surface area contributed by atoms with Gasteiger partial charge in [-0.1, -0.05) is 0 Å². The van der Waals surface area contributed by atoms with Crippen LogP contribution in [0.25, 0.3) is 0 Å². The van der Waals surface area contributed by atoms with E-state index in [0.29, 0.717) is 22.8 Å². The Morgan fingerprint density at radius 1 is 1.12 bits per heavy atom. The van der Waals surface area contributed by atoms with Crippen molar-refractivity contribution in [3.8, 4) is 17.2 Å². The Hall–Kier alpha value is -1.71. The van der Waals surface area contributed by atoms with Crippen LogP contribution in [0.2, 0.25) is 0 Å². The third-order valence-corrected chi connectivity index (χ3v) is 2.01. The van der Waals surface area contributed by atoms with Gasteiger partial charge in [0.1, 0.15) is 17.2 Å². The molecule has 0 aliphatic carbocycles. The molecule has 0 fully saturated rings. The Kier molecular flexibility index (Phi) is 4.17. The van der Waals surface area contributed by atoms with Gasteiger partial charge in [0.2, 0.25) is 0 Å². The highest BCUT2D eigenvalue weighted by molar-refractivity contribution is 5.84. The van der Waals surface area contributed by atoms with Crippen molar-refractivity contribution in [1.82, 2.24) is 0 Å². The summed E-state index contributed by atoms with van der Waals surface area (Å²) in [6.07, 6.45) is 0.700. The molecule has 0 radical (unpaired) electrons. The van der Waals surface area contributed by atoms with Gasteiger partial charge in [-0.2, -0.15) is 0 Å². The molecule has 4 nitrogen and oxygen atoms in total. The van der Waals surface area contributed by atoms with E-state index >= 15 is 0 Å². The van der Waals surface area contributed by atoms with Gasteiger partial charge in [-0.15, -0.1) is 0 Å². The maximum atomic E-state index is 11.0. The molecular weight excluding hydrogens is 208 g/mol. The fourth-order valence-corrected chi connectivity index (χ4v) is 1.33. The number of carbonyl (C=O) groups excluding carboxylic acids is 1. The first-order chi connectivity index (χ1) is 7.62. The van der Waals surface area contributed by atoms with E-state index in [9.17, 15) is 4.79 Å². The first kappa shape index (κ1) is 12.4. The molecule has 0 aliphatic heterocycles. The molecule has 88 valence electrons. The summed E-state index contributed by atoms with van der Waals surface area (Å²) in [7, 11) is 3.05. The predicted octanol–water partition coefficient (Wildman–Crippen LogP) is 2.30. The molecule has 1 aromatic rings. The van der Waals surface area contributed by atoms with Crippen molar-refractivity contribution in [1.29, 1.82) is 0 Å². The highest BCUT2D eigenvalue weighted by atomic mass is 16.5. The van der Waals surface area contributed by atoms with Crippen LogP contribution in [0, 0.1) is 0 Å². The highest BCUT2D eigenvalue weighted by Gasteiger charge is 2.13. The second-order valence-corrected chi connectivity index (χ2v) is 3.53. The van der Waals surface area contributed by atoms with Crippen LogP contribution in [0.5, 0.6) is 17.2 Å². The molecule has 0 bridgehead atoms. The molecule has 4 heteroatoms. The van der Waals surface area contributed by atoms with E-state index in [1.807, 2.05) is 13.8 Å². The van der Waals surface area contributed by atoms with E-state index in [-0.39, 0.29) is 6.10 Å². The minimum Gasteiger partial charge on any atom is -0.496 e. The Balaban J connectivity index is 3.25. The van der Waals surface area contributed by atoms with E-state index in [0.717, 1.165) is 6.29 Å². The second-order valence-electron chi connectivity index (χ2n) is 3.53. The summed E-state index contributed by atoms with van der Waals surface area (Å²) >= 11 is 0. The van der Waals surface area contributed by atoms with Crippen molar-refractivity contribution in [3.05, 3.63) is 17.7 Å². The van der Waals surface area contributed by atoms with E-state index in [1.165, 1.54) is 7.11 Å². The van der Waals surface area contributed by atoms with Crippen molar-refractivity contribution < 1.29 is 19.0 Å². The number of benzene rings is 1. The van der Waals surface area contributed by atoms with Crippen LogP contribution in [0.4, 0.5) is 0 Å². The summed E-state index contributed by atoms with van der Waals surface area (Å²) in [5.41, 5.74) is 0.400. The van der Waals surface area contributed by atoms with Gasteiger partial charge in [0.15, 0.2) is 6.29 Å². The van der Waals surface area contributed by atoms with E-state index in [4.69, 9.17) is 14.2 Å². The second kappa shape index (κ2) is 5.39. The van der Waals surface area contributed by atoms with Gasteiger partial charge >= 0.3 is 0 Å². The third kappa shape index (κ3) is 2.66. The molecule has 0 heterocycles. The smallest absolute Gasteiger partial charge is 0.157 e.